The standard InChI is InChI=1S/C16H17N3O2/c20-15(10-13-4-2-1-3-5-13)19-12-16(21)18-11-14-6-8-17-9-7-14/h1-9H,10-12H2,(H,18,21)(H,19,20). The van der Waals surface area contributed by atoms with Gasteiger partial charge < -0.3 is 10.6 Å². The Balaban J connectivity index is 1.68. The number of aromatic nitrogens is 1. The molecule has 0 aliphatic rings. The van der Waals surface area contributed by atoms with Crippen LogP contribution < -0.4 is 10.6 Å². The molecule has 0 radical (unpaired) electrons. The summed E-state index contributed by atoms with van der Waals surface area (Å²) in [7, 11) is 0. The summed E-state index contributed by atoms with van der Waals surface area (Å²) in [4.78, 5) is 27.2. The number of carbonyl (C=O) groups excluding carboxylic acids is 2. The monoisotopic (exact) mass is 283 g/mol. The van der Waals surface area contributed by atoms with Gasteiger partial charge in [0.1, 0.15) is 0 Å². The lowest BCUT2D eigenvalue weighted by Crippen LogP contribution is -2.37. The summed E-state index contributed by atoms with van der Waals surface area (Å²) < 4.78 is 0. The number of hydrogen-bond acceptors (Lipinski definition) is 3. The van der Waals surface area contributed by atoms with Gasteiger partial charge in [0.2, 0.25) is 11.8 Å². The highest BCUT2D eigenvalue weighted by atomic mass is 16.2. The average Bonchev–Trinajstić information content (AvgIpc) is 2.53. The highest BCUT2D eigenvalue weighted by Crippen LogP contribution is 1.99. The third-order valence-electron chi connectivity index (χ3n) is 2.89. The summed E-state index contributed by atoms with van der Waals surface area (Å²) in [5, 5.41) is 5.34. The SMILES string of the molecule is O=C(CNC(=O)Cc1ccccc1)NCc1ccncc1. The molecule has 1 aromatic carbocycles. The topological polar surface area (TPSA) is 71.1 Å². The van der Waals surface area contributed by atoms with Crippen LogP contribution in [0.5, 0.6) is 0 Å². The molecule has 0 unspecified atom stereocenters. The van der Waals surface area contributed by atoms with Crippen molar-refractivity contribution in [3.05, 3.63) is 66.0 Å². The third kappa shape index (κ3) is 5.44. The Morgan fingerprint density at radius 3 is 2.29 bits per heavy atom. The maximum absolute atomic E-state index is 11.7. The summed E-state index contributed by atoms with van der Waals surface area (Å²) in [5.41, 5.74) is 1.89. The van der Waals surface area contributed by atoms with E-state index in [0.29, 0.717) is 6.54 Å². The zero-order valence-corrected chi connectivity index (χ0v) is 11.6. The van der Waals surface area contributed by atoms with Crippen molar-refractivity contribution in [2.75, 3.05) is 6.54 Å². The van der Waals surface area contributed by atoms with Crippen LogP contribution in [0, 0.1) is 0 Å². The molecule has 0 aliphatic carbocycles. The van der Waals surface area contributed by atoms with E-state index in [4.69, 9.17) is 0 Å². The summed E-state index contributed by atoms with van der Waals surface area (Å²) in [6.45, 7) is 0.409. The number of nitrogens with one attached hydrogen (secondary N) is 2. The van der Waals surface area contributed by atoms with E-state index in [9.17, 15) is 9.59 Å². The van der Waals surface area contributed by atoms with Crippen molar-refractivity contribution in [1.82, 2.24) is 15.6 Å². The summed E-state index contributed by atoms with van der Waals surface area (Å²) in [5.74, 6) is -0.381. The van der Waals surface area contributed by atoms with E-state index < -0.39 is 0 Å². The Hall–Kier alpha value is -2.69. The maximum atomic E-state index is 11.7. The van der Waals surface area contributed by atoms with Crippen molar-refractivity contribution in [3.63, 3.8) is 0 Å². The van der Waals surface area contributed by atoms with E-state index in [0.717, 1.165) is 11.1 Å². The van der Waals surface area contributed by atoms with Crippen LogP contribution in [0.15, 0.2) is 54.9 Å². The lowest BCUT2D eigenvalue weighted by Gasteiger charge is -2.07. The molecule has 108 valence electrons. The molecule has 2 aromatic rings. The quantitative estimate of drug-likeness (QED) is 0.832. The minimum atomic E-state index is -0.215. The molecular formula is C16H17N3O2. The fourth-order valence-corrected chi connectivity index (χ4v) is 1.79. The van der Waals surface area contributed by atoms with E-state index in [1.807, 2.05) is 42.5 Å². The van der Waals surface area contributed by atoms with Gasteiger partial charge in [-0.3, -0.25) is 14.6 Å². The largest absolute Gasteiger partial charge is 0.350 e. The van der Waals surface area contributed by atoms with Crippen LogP contribution in [0.2, 0.25) is 0 Å². The van der Waals surface area contributed by atoms with Crippen LogP contribution in [0.1, 0.15) is 11.1 Å². The zero-order chi connectivity index (χ0) is 14.9. The maximum Gasteiger partial charge on any atom is 0.239 e. The first-order valence-corrected chi connectivity index (χ1v) is 6.70. The van der Waals surface area contributed by atoms with Gasteiger partial charge in [-0.15, -0.1) is 0 Å². The fourth-order valence-electron chi connectivity index (χ4n) is 1.79. The highest BCUT2D eigenvalue weighted by Gasteiger charge is 2.06. The zero-order valence-electron chi connectivity index (χ0n) is 11.6. The van der Waals surface area contributed by atoms with Crippen molar-refractivity contribution in [3.8, 4) is 0 Å². The number of pyridine rings is 1. The van der Waals surface area contributed by atoms with Crippen molar-refractivity contribution < 1.29 is 9.59 Å². The molecule has 5 nitrogen and oxygen atoms in total. The van der Waals surface area contributed by atoms with Crippen LogP contribution in [0.3, 0.4) is 0 Å². The Morgan fingerprint density at radius 2 is 1.57 bits per heavy atom. The number of rotatable bonds is 6. The molecule has 2 N–H and O–H groups in total. The van der Waals surface area contributed by atoms with Crippen LogP contribution >= 0.6 is 0 Å². The van der Waals surface area contributed by atoms with Crippen LogP contribution in [0.25, 0.3) is 0 Å². The Labute approximate surface area is 123 Å². The van der Waals surface area contributed by atoms with Gasteiger partial charge in [-0.05, 0) is 23.3 Å². The molecule has 5 heteroatoms. The molecule has 1 heterocycles. The second kappa shape index (κ2) is 7.79. The van der Waals surface area contributed by atoms with E-state index in [1.54, 1.807) is 12.4 Å². The summed E-state index contributed by atoms with van der Waals surface area (Å²) in [6, 6.07) is 13.1. The van der Waals surface area contributed by atoms with Gasteiger partial charge in [-0.25, -0.2) is 0 Å². The van der Waals surface area contributed by atoms with E-state index in [1.165, 1.54) is 0 Å². The number of amides is 2. The summed E-state index contributed by atoms with van der Waals surface area (Å²) in [6.07, 6.45) is 3.62. The van der Waals surface area contributed by atoms with Crippen LogP contribution in [-0.2, 0) is 22.6 Å². The fraction of sp³-hybridized carbons (Fsp3) is 0.188. The van der Waals surface area contributed by atoms with E-state index in [2.05, 4.69) is 15.6 Å². The normalized spacial score (nSPS) is 9.90. The van der Waals surface area contributed by atoms with Crippen molar-refractivity contribution in [2.24, 2.45) is 0 Å². The lowest BCUT2D eigenvalue weighted by atomic mass is 10.1. The molecule has 0 aliphatic heterocycles. The van der Waals surface area contributed by atoms with Crippen molar-refractivity contribution in [1.29, 1.82) is 0 Å². The Kier molecular flexibility index (Phi) is 5.46. The number of nitrogens with zero attached hydrogens (tertiary/aromatic N) is 1. The van der Waals surface area contributed by atoms with Gasteiger partial charge in [0.05, 0.1) is 13.0 Å². The Bertz CT molecular complexity index is 585. The smallest absolute Gasteiger partial charge is 0.239 e. The molecule has 0 saturated carbocycles. The predicted molar refractivity (Wildman–Crippen MR) is 79.2 cm³/mol. The van der Waals surface area contributed by atoms with Gasteiger partial charge in [-0.2, -0.15) is 0 Å². The highest BCUT2D eigenvalue weighted by molar-refractivity contribution is 5.85. The molecule has 0 atom stereocenters. The van der Waals surface area contributed by atoms with Gasteiger partial charge in [0.25, 0.3) is 0 Å². The van der Waals surface area contributed by atoms with Crippen molar-refractivity contribution >= 4 is 11.8 Å². The second-order valence-electron chi connectivity index (χ2n) is 4.57. The molecule has 0 spiro atoms. The first kappa shape index (κ1) is 14.7. The molecular weight excluding hydrogens is 266 g/mol. The number of hydrogen-bond donors (Lipinski definition) is 2. The number of carbonyl (C=O) groups is 2. The van der Waals surface area contributed by atoms with Gasteiger partial charge in [0.15, 0.2) is 0 Å². The molecule has 0 fully saturated rings. The molecule has 21 heavy (non-hydrogen) atoms. The molecule has 0 bridgehead atoms. The lowest BCUT2D eigenvalue weighted by molar-refractivity contribution is -0.125. The second-order valence-corrected chi connectivity index (χ2v) is 4.57. The third-order valence-corrected chi connectivity index (χ3v) is 2.89. The summed E-state index contributed by atoms with van der Waals surface area (Å²) >= 11 is 0. The first-order valence-electron chi connectivity index (χ1n) is 6.70. The predicted octanol–water partition coefficient (Wildman–Crippen LogP) is 1.06. The molecule has 1 aromatic heterocycles. The van der Waals surface area contributed by atoms with E-state index in [-0.39, 0.29) is 24.8 Å². The molecule has 2 amide bonds. The first-order chi connectivity index (χ1) is 10.2. The minimum Gasteiger partial charge on any atom is -0.350 e. The van der Waals surface area contributed by atoms with Crippen LogP contribution in [0.4, 0.5) is 0 Å². The van der Waals surface area contributed by atoms with Crippen molar-refractivity contribution in [2.45, 2.75) is 13.0 Å². The van der Waals surface area contributed by atoms with Gasteiger partial charge in [-0.1, -0.05) is 30.3 Å². The van der Waals surface area contributed by atoms with Gasteiger partial charge in [0, 0.05) is 18.9 Å². The molecule has 0 saturated heterocycles. The Morgan fingerprint density at radius 1 is 0.857 bits per heavy atom. The molecule has 2 rings (SSSR count). The van der Waals surface area contributed by atoms with Gasteiger partial charge >= 0.3 is 0 Å². The minimum absolute atomic E-state index is 0.0171. The van der Waals surface area contributed by atoms with E-state index >= 15 is 0 Å². The number of benzene rings is 1. The van der Waals surface area contributed by atoms with Crippen LogP contribution in [-0.4, -0.2) is 23.3 Å². The average molecular weight is 283 g/mol.